The van der Waals surface area contributed by atoms with Crippen LogP contribution in [0.4, 0.5) is 10.2 Å². The van der Waals surface area contributed by atoms with E-state index in [9.17, 15) is 9.18 Å². The predicted octanol–water partition coefficient (Wildman–Crippen LogP) is 4.31. The van der Waals surface area contributed by atoms with Crippen LogP contribution in [0, 0.1) is 5.82 Å². The summed E-state index contributed by atoms with van der Waals surface area (Å²) in [4.78, 5) is 16.0. The Labute approximate surface area is 163 Å². The minimum absolute atomic E-state index is 0.0430. The smallest absolute Gasteiger partial charge is 0.251 e. The first-order valence-corrected chi connectivity index (χ1v) is 9.12. The molecule has 0 fully saturated rings. The molecular weight excluding hydrogens is 359 g/mol. The molecule has 1 atom stereocenters. The van der Waals surface area contributed by atoms with Crippen LogP contribution < -0.4 is 5.32 Å². The number of pyridine rings is 1. The average Bonchev–Trinajstić information content (AvgIpc) is 3.14. The van der Waals surface area contributed by atoms with E-state index in [0.29, 0.717) is 5.82 Å². The van der Waals surface area contributed by atoms with Crippen LogP contribution in [-0.2, 0) is 9.53 Å². The van der Waals surface area contributed by atoms with Gasteiger partial charge >= 0.3 is 0 Å². The number of halogens is 1. The summed E-state index contributed by atoms with van der Waals surface area (Å²) in [5.74, 6) is -0.138. The maximum atomic E-state index is 13.4. The lowest BCUT2D eigenvalue weighted by Crippen LogP contribution is -2.17. The van der Waals surface area contributed by atoms with Crippen molar-refractivity contribution in [3.8, 4) is 22.4 Å². The molecule has 0 aliphatic carbocycles. The van der Waals surface area contributed by atoms with Crippen LogP contribution in [0.2, 0.25) is 0 Å². The summed E-state index contributed by atoms with van der Waals surface area (Å²) in [6.45, 7) is 4.15. The maximum Gasteiger partial charge on any atom is 0.251 e. The number of methoxy groups -OCH3 is 1. The van der Waals surface area contributed by atoms with Gasteiger partial charge in [0, 0.05) is 36.7 Å². The molecule has 1 aromatic carbocycles. The van der Waals surface area contributed by atoms with Crippen molar-refractivity contribution in [3.63, 3.8) is 0 Å². The van der Waals surface area contributed by atoms with Crippen molar-refractivity contribution in [2.75, 3.05) is 19.0 Å². The first-order chi connectivity index (χ1) is 13.5. The topological polar surface area (TPSA) is 69.0 Å². The number of rotatable bonds is 7. The summed E-state index contributed by atoms with van der Waals surface area (Å²) in [6, 6.07) is 10.1. The predicted molar refractivity (Wildman–Crippen MR) is 106 cm³/mol. The molecule has 1 N–H and O–H groups in total. The van der Waals surface area contributed by atoms with Crippen LogP contribution in [-0.4, -0.2) is 34.4 Å². The second kappa shape index (κ2) is 8.75. The molecule has 3 aromatic rings. The van der Waals surface area contributed by atoms with E-state index in [2.05, 4.69) is 24.1 Å². The summed E-state index contributed by atoms with van der Waals surface area (Å²) in [7, 11) is 1.46. The molecule has 7 heteroatoms. The maximum absolute atomic E-state index is 13.4. The van der Waals surface area contributed by atoms with Crippen molar-refractivity contribution >= 4 is 11.7 Å². The number of amides is 1. The van der Waals surface area contributed by atoms with Crippen molar-refractivity contribution in [3.05, 3.63) is 54.6 Å². The normalized spacial score (nSPS) is 12.0. The largest absolute Gasteiger partial charge is 0.375 e. The Morgan fingerprint density at radius 2 is 2.00 bits per heavy atom. The van der Waals surface area contributed by atoms with Gasteiger partial charge in [0.05, 0.1) is 0 Å². The standard InChI is InChI=1S/C21H23FN4O2/c1-4-14(2)26-12-18(21(25-26)15-5-7-17(22)8-6-15)16-9-10-23-19(11-16)24-20(27)13-28-3/h5-12,14H,4,13H2,1-3H3,(H,23,24,27). The summed E-state index contributed by atoms with van der Waals surface area (Å²) in [6.07, 6.45) is 4.54. The van der Waals surface area contributed by atoms with Crippen LogP contribution in [0.15, 0.2) is 48.8 Å². The Balaban J connectivity index is 2.04. The number of ether oxygens (including phenoxy) is 1. The summed E-state index contributed by atoms with van der Waals surface area (Å²) >= 11 is 0. The third-order valence-electron chi connectivity index (χ3n) is 4.51. The summed E-state index contributed by atoms with van der Waals surface area (Å²) in [5.41, 5.74) is 3.31. The molecule has 0 saturated carbocycles. The first-order valence-electron chi connectivity index (χ1n) is 9.12. The Kier molecular flexibility index (Phi) is 6.16. The molecule has 0 radical (unpaired) electrons. The van der Waals surface area contributed by atoms with Gasteiger partial charge in [-0.2, -0.15) is 5.10 Å². The van der Waals surface area contributed by atoms with Gasteiger partial charge in [0.2, 0.25) is 0 Å². The third kappa shape index (κ3) is 4.43. The SMILES string of the molecule is CCC(C)n1cc(-c2ccnc(NC(=O)COC)c2)c(-c2ccc(F)cc2)n1. The monoisotopic (exact) mass is 382 g/mol. The van der Waals surface area contributed by atoms with E-state index >= 15 is 0 Å². The first kappa shape index (κ1) is 19.7. The van der Waals surface area contributed by atoms with Gasteiger partial charge < -0.3 is 10.1 Å². The zero-order valence-electron chi connectivity index (χ0n) is 16.1. The van der Waals surface area contributed by atoms with Crippen molar-refractivity contribution in [1.82, 2.24) is 14.8 Å². The van der Waals surface area contributed by atoms with Gasteiger partial charge in [-0.1, -0.05) is 6.92 Å². The molecule has 146 valence electrons. The Bertz CT molecular complexity index is 953. The summed E-state index contributed by atoms with van der Waals surface area (Å²) in [5, 5.41) is 7.45. The number of hydrogen-bond donors (Lipinski definition) is 1. The summed E-state index contributed by atoms with van der Waals surface area (Å²) < 4.78 is 20.1. The molecule has 0 aliphatic rings. The zero-order chi connectivity index (χ0) is 20.1. The molecule has 6 nitrogen and oxygen atoms in total. The number of carbonyl (C=O) groups excluding carboxylic acids is 1. The number of benzene rings is 1. The minimum Gasteiger partial charge on any atom is -0.375 e. The molecule has 2 aromatic heterocycles. The van der Waals surface area contributed by atoms with E-state index in [1.165, 1.54) is 19.2 Å². The molecule has 0 saturated heterocycles. The van der Waals surface area contributed by atoms with Crippen LogP contribution >= 0.6 is 0 Å². The molecule has 28 heavy (non-hydrogen) atoms. The van der Waals surface area contributed by atoms with E-state index in [4.69, 9.17) is 9.84 Å². The average molecular weight is 382 g/mol. The van der Waals surface area contributed by atoms with Gasteiger partial charge in [-0.05, 0) is 55.3 Å². The highest BCUT2D eigenvalue weighted by molar-refractivity contribution is 5.91. The van der Waals surface area contributed by atoms with Gasteiger partial charge in [0.15, 0.2) is 0 Å². The van der Waals surface area contributed by atoms with Gasteiger partial charge in [-0.15, -0.1) is 0 Å². The van der Waals surface area contributed by atoms with Gasteiger partial charge in [-0.3, -0.25) is 9.48 Å². The van der Waals surface area contributed by atoms with E-state index in [1.54, 1.807) is 24.4 Å². The van der Waals surface area contributed by atoms with Crippen LogP contribution in [0.25, 0.3) is 22.4 Å². The second-order valence-electron chi connectivity index (χ2n) is 6.55. The number of aromatic nitrogens is 3. The number of anilines is 1. The van der Waals surface area contributed by atoms with Crippen molar-refractivity contribution in [2.24, 2.45) is 0 Å². The lowest BCUT2D eigenvalue weighted by Gasteiger charge is -2.08. The van der Waals surface area contributed by atoms with E-state index in [-0.39, 0.29) is 24.4 Å². The van der Waals surface area contributed by atoms with E-state index in [0.717, 1.165) is 28.8 Å². The molecule has 1 unspecified atom stereocenters. The Morgan fingerprint density at radius 3 is 2.68 bits per heavy atom. The van der Waals surface area contributed by atoms with Gasteiger partial charge in [0.1, 0.15) is 23.9 Å². The fraction of sp³-hybridized carbons (Fsp3) is 0.286. The lowest BCUT2D eigenvalue weighted by molar-refractivity contribution is -0.119. The molecule has 0 spiro atoms. The molecule has 0 aliphatic heterocycles. The van der Waals surface area contributed by atoms with Crippen molar-refractivity contribution in [2.45, 2.75) is 26.3 Å². The van der Waals surface area contributed by atoms with Crippen LogP contribution in [0.3, 0.4) is 0 Å². The number of nitrogens with one attached hydrogen (secondary N) is 1. The highest BCUT2D eigenvalue weighted by Gasteiger charge is 2.16. The van der Waals surface area contributed by atoms with Crippen molar-refractivity contribution in [1.29, 1.82) is 0 Å². The van der Waals surface area contributed by atoms with Crippen molar-refractivity contribution < 1.29 is 13.9 Å². The minimum atomic E-state index is -0.293. The molecule has 0 bridgehead atoms. The molecular formula is C21H23FN4O2. The van der Waals surface area contributed by atoms with Gasteiger partial charge in [0.25, 0.3) is 5.91 Å². The molecule has 2 heterocycles. The number of hydrogen-bond acceptors (Lipinski definition) is 4. The highest BCUT2D eigenvalue weighted by Crippen LogP contribution is 2.33. The quantitative estimate of drug-likeness (QED) is 0.661. The van der Waals surface area contributed by atoms with Gasteiger partial charge in [-0.25, -0.2) is 9.37 Å². The number of nitrogens with zero attached hydrogens (tertiary/aromatic N) is 3. The lowest BCUT2D eigenvalue weighted by atomic mass is 10.0. The van der Waals surface area contributed by atoms with E-state index in [1.807, 2.05) is 16.9 Å². The Morgan fingerprint density at radius 1 is 1.25 bits per heavy atom. The fourth-order valence-electron chi connectivity index (χ4n) is 2.81. The molecule has 3 rings (SSSR count). The third-order valence-corrected chi connectivity index (χ3v) is 4.51. The second-order valence-corrected chi connectivity index (χ2v) is 6.55. The van der Waals surface area contributed by atoms with E-state index < -0.39 is 0 Å². The number of carbonyl (C=O) groups is 1. The highest BCUT2D eigenvalue weighted by atomic mass is 19.1. The van der Waals surface area contributed by atoms with Crippen LogP contribution in [0.1, 0.15) is 26.3 Å². The Hall–Kier alpha value is -3.06. The zero-order valence-corrected chi connectivity index (χ0v) is 16.1. The fourth-order valence-corrected chi connectivity index (χ4v) is 2.81. The van der Waals surface area contributed by atoms with Crippen LogP contribution in [0.5, 0.6) is 0 Å². The molecule has 1 amide bonds.